The zero-order chi connectivity index (χ0) is 13.7. The van der Waals surface area contributed by atoms with Gasteiger partial charge in [-0.25, -0.2) is 0 Å². The minimum absolute atomic E-state index is 0.00355. The van der Waals surface area contributed by atoms with Gasteiger partial charge in [-0.15, -0.1) is 0 Å². The lowest BCUT2D eigenvalue weighted by Crippen LogP contribution is -2.34. The van der Waals surface area contributed by atoms with Crippen LogP contribution in [0.5, 0.6) is 11.5 Å². The van der Waals surface area contributed by atoms with Gasteiger partial charge < -0.3 is 20.1 Å². The van der Waals surface area contributed by atoms with Gasteiger partial charge in [0.25, 0.3) is 0 Å². The predicted octanol–water partition coefficient (Wildman–Crippen LogP) is 1.24. The average molecular weight is 264 g/mol. The quantitative estimate of drug-likeness (QED) is 0.859. The molecule has 1 unspecified atom stereocenters. The molecule has 2 rings (SSSR count). The second-order valence-electron chi connectivity index (χ2n) is 4.54. The molecule has 1 aromatic carbocycles. The summed E-state index contributed by atoms with van der Waals surface area (Å²) in [5.74, 6) is 1.56. The van der Waals surface area contributed by atoms with Crippen LogP contribution in [-0.2, 0) is 4.79 Å². The molecule has 0 aromatic heterocycles. The van der Waals surface area contributed by atoms with Crippen LogP contribution in [0, 0.1) is 0 Å². The molecular formula is C14H20N2O3. The van der Waals surface area contributed by atoms with Crippen molar-refractivity contribution in [3.63, 3.8) is 0 Å². The number of ether oxygens (including phenoxy) is 2. The predicted molar refractivity (Wildman–Crippen MR) is 72.5 cm³/mol. The van der Waals surface area contributed by atoms with Crippen molar-refractivity contribution < 1.29 is 14.3 Å². The van der Waals surface area contributed by atoms with Gasteiger partial charge in [0.2, 0.25) is 5.91 Å². The van der Waals surface area contributed by atoms with Crippen LogP contribution in [0.2, 0.25) is 0 Å². The fourth-order valence-corrected chi connectivity index (χ4v) is 2.24. The molecule has 5 nitrogen and oxygen atoms in total. The van der Waals surface area contributed by atoms with Gasteiger partial charge >= 0.3 is 0 Å². The second kappa shape index (κ2) is 6.43. The number of nitrogens with one attached hydrogen (secondary N) is 2. The van der Waals surface area contributed by atoms with E-state index >= 15 is 0 Å². The van der Waals surface area contributed by atoms with E-state index in [0.717, 1.165) is 29.9 Å². The van der Waals surface area contributed by atoms with Gasteiger partial charge in [-0.1, -0.05) is 0 Å². The van der Waals surface area contributed by atoms with E-state index < -0.39 is 0 Å². The largest absolute Gasteiger partial charge is 0.497 e. The van der Waals surface area contributed by atoms with E-state index in [-0.39, 0.29) is 11.9 Å². The van der Waals surface area contributed by atoms with Gasteiger partial charge in [0.05, 0.1) is 26.3 Å². The fraction of sp³-hybridized carbons (Fsp3) is 0.500. The Bertz CT molecular complexity index is 448. The standard InChI is InChI=1S/C14H20N2O3/c1-15-9-14(17)16-12-4-3-7-19-13-8-10(18-2)5-6-11(12)13/h5-6,8,12,15H,3-4,7,9H2,1-2H3,(H,16,17). The highest BCUT2D eigenvalue weighted by Gasteiger charge is 2.21. The Hall–Kier alpha value is -1.75. The molecule has 104 valence electrons. The number of amides is 1. The van der Waals surface area contributed by atoms with Crippen LogP contribution in [0.25, 0.3) is 0 Å². The van der Waals surface area contributed by atoms with Crippen LogP contribution in [0.3, 0.4) is 0 Å². The van der Waals surface area contributed by atoms with Gasteiger partial charge in [0.1, 0.15) is 11.5 Å². The lowest BCUT2D eigenvalue weighted by molar-refractivity contribution is -0.120. The number of likely N-dealkylation sites (N-methyl/N-ethyl adjacent to an activating group) is 1. The van der Waals surface area contributed by atoms with Gasteiger partial charge in [-0.2, -0.15) is 0 Å². The first-order valence-corrected chi connectivity index (χ1v) is 6.49. The van der Waals surface area contributed by atoms with Crippen LogP contribution in [0.4, 0.5) is 0 Å². The molecule has 0 fully saturated rings. The summed E-state index contributed by atoms with van der Waals surface area (Å²) in [6.07, 6.45) is 1.80. The van der Waals surface area contributed by atoms with Crippen molar-refractivity contribution in [3.05, 3.63) is 23.8 Å². The highest BCUT2D eigenvalue weighted by Crippen LogP contribution is 2.34. The molecule has 0 radical (unpaired) electrons. The maximum Gasteiger partial charge on any atom is 0.234 e. The van der Waals surface area contributed by atoms with Crippen molar-refractivity contribution in [2.75, 3.05) is 27.3 Å². The summed E-state index contributed by atoms with van der Waals surface area (Å²) < 4.78 is 10.9. The molecule has 2 N–H and O–H groups in total. The Morgan fingerprint density at radius 2 is 2.37 bits per heavy atom. The van der Waals surface area contributed by atoms with Crippen LogP contribution in [0.1, 0.15) is 24.4 Å². The number of methoxy groups -OCH3 is 1. The maximum absolute atomic E-state index is 11.7. The third-order valence-corrected chi connectivity index (χ3v) is 3.16. The van der Waals surface area contributed by atoms with Crippen molar-refractivity contribution in [1.82, 2.24) is 10.6 Å². The summed E-state index contributed by atoms with van der Waals surface area (Å²) in [5, 5.41) is 5.88. The molecule has 1 aromatic rings. The van der Waals surface area contributed by atoms with Gasteiger partial charge in [-0.05, 0) is 32.0 Å². The first-order chi connectivity index (χ1) is 9.24. The first kappa shape index (κ1) is 13.7. The Kier molecular flexibility index (Phi) is 4.63. The van der Waals surface area contributed by atoms with Crippen molar-refractivity contribution in [2.45, 2.75) is 18.9 Å². The summed E-state index contributed by atoms with van der Waals surface area (Å²) >= 11 is 0. The van der Waals surface area contributed by atoms with Crippen LogP contribution in [0.15, 0.2) is 18.2 Å². The molecule has 1 heterocycles. The Morgan fingerprint density at radius 3 is 3.11 bits per heavy atom. The lowest BCUT2D eigenvalue weighted by atomic mass is 10.0. The number of hydrogen-bond acceptors (Lipinski definition) is 4. The molecule has 0 saturated carbocycles. The number of benzene rings is 1. The summed E-state index contributed by atoms with van der Waals surface area (Å²) in [5.41, 5.74) is 1.02. The molecule has 0 spiro atoms. The fourth-order valence-electron chi connectivity index (χ4n) is 2.24. The monoisotopic (exact) mass is 264 g/mol. The number of rotatable bonds is 4. The minimum atomic E-state index is -0.00355. The smallest absolute Gasteiger partial charge is 0.234 e. The van der Waals surface area contributed by atoms with Crippen LogP contribution >= 0.6 is 0 Å². The minimum Gasteiger partial charge on any atom is -0.497 e. The van der Waals surface area contributed by atoms with Crippen molar-refractivity contribution in [2.24, 2.45) is 0 Å². The van der Waals surface area contributed by atoms with Crippen LogP contribution < -0.4 is 20.1 Å². The van der Waals surface area contributed by atoms with Crippen molar-refractivity contribution in [1.29, 1.82) is 0 Å². The number of carbonyl (C=O) groups excluding carboxylic acids is 1. The topological polar surface area (TPSA) is 59.6 Å². The van der Waals surface area contributed by atoms with E-state index in [4.69, 9.17) is 9.47 Å². The van der Waals surface area contributed by atoms with Crippen molar-refractivity contribution in [3.8, 4) is 11.5 Å². The molecule has 5 heteroatoms. The summed E-state index contributed by atoms with van der Waals surface area (Å²) in [6.45, 7) is 0.988. The summed E-state index contributed by atoms with van der Waals surface area (Å²) in [6, 6.07) is 5.73. The molecule has 1 aliphatic heterocycles. The Labute approximate surface area is 113 Å². The molecule has 1 amide bonds. The molecule has 0 bridgehead atoms. The molecule has 19 heavy (non-hydrogen) atoms. The summed E-state index contributed by atoms with van der Waals surface area (Å²) in [4.78, 5) is 11.7. The molecular weight excluding hydrogens is 244 g/mol. The SMILES string of the molecule is CNCC(=O)NC1CCCOc2cc(OC)ccc21. The highest BCUT2D eigenvalue weighted by molar-refractivity contribution is 5.78. The zero-order valence-corrected chi connectivity index (χ0v) is 11.4. The maximum atomic E-state index is 11.7. The van der Waals surface area contributed by atoms with E-state index in [1.54, 1.807) is 14.2 Å². The third-order valence-electron chi connectivity index (χ3n) is 3.16. The Morgan fingerprint density at radius 1 is 1.53 bits per heavy atom. The number of hydrogen-bond donors (Lipinski definition) is 2. The van der Waals surface area contributed by atoms with E-state index in [9.17, 15) is 4.79 Å². The third kappa shape index (κ3) is 3.38. The van der Waals surface area contributed by atoms with E-state index in [2.05, 4.69) is 10.6 Å². The van der Waals surface area contributed by atoms with E-state index in [1.165, 1.54) is 0 Å². The zero-order valence-electron chi connectivity index (χ0n) is 11.4. The van der Waals surface area contributed by atoms with E-state index in [1.807, 2.05) is 18.2 Å². The van der Waals surface area contributed by atoms with Gasteiger partial charge in [0, 0.05) is 11.6 Å². The second-order valence-corrected chi connectivity index (χ2v) is 4.54. The molecule has 1 atom stereocenters. The van der Waals surface area contributed by atoms with Gasteiger partial charge in [-0.3, -0.25) is 4.79 Å². The normalized spacial score (nSPS) is 17.9. The number of fused-ring (bicyclic) bond motifs is 1. The first-order valence-electron chi connectivity index (χ1n) is 6.49. The van der Waals surface area contributed by atoms with E-state index in [0.29, 0.717) is 13.2 Å². The average Bonchev–Trinajstić information content (AvgIpc) is 2.61. The molecule has 0 aliphatic carbocycles. The summed E-state index contributed by atoms with van der Waals surface area (Å²) in [7, 11) is 3.39. The van der Waals surface area contributed by atoms with Crippen molar-refractivity contribution >= 4 is 5.91 Å². The number of carbonyl (C=O) groups is 1. The lowest BCUT2D eigenvalue weighted by Gasteiger charge is -2.18. The highest BCUT2D eigenvalue weighted by atomic mass is 16.5. The molecule has 0 saturated heterocycles. The van der Waals surface area contributed by atoms with Gasteiger partial charge in [0.15, 0.2) is 0 Å². The Balaban J connectivity index is 2.20. The molecule has 1 aliphatic rings. The van der Waals surface area contributed by atoms with Crippen LogP contribution in [-0.4, -0.2) is 33.2 Å².